The van der Waals surface area contributed by atoms with Crippen LogP contribution in [0.5, 0.6) is 0 Å². The molecular weight excluding hydrogens is 344 g/mol. The van der Waals surface area contributed by atoms with Crippen LogP contribution in [-0.4, -0.2) is 9.55 Å². The summed E-state index contributed by atoms with van der Waals surface area (Å²) >= 11 is 3.70. The first kappa shape index (κ1) is 13.6. The summed E-state index contributed by atoms with van der Waals surface area (Å²) < 4.78 is 4.99. The van der Waals surface area contributed by atoms with Gasteiger partial charge in [-0.2, -0.15) is 0 Å². The number of pyridine rings is 1. The molecule has 2 nitrogen and oxygen atoms in total. The van der Waals surface area contributed by atoms with E-state index in [0.29, 0.717) is 0 Å². The Hall–Kier alpha value is -2.69. The molecule has 0 radical (unpaired) electrons. The second-order valence-corrected chi connectivity index (χ2v) is 8.14. The molecule has 25 heavy (non-hydrogen) atoms. The van der Waals surface area contributed by atoms with Crippen LogP contribution < -0.4 is 0 Å². The van der Waals surface area contributed by atoms with E-state index in [4.69, 9.17) is 0 Å². The number of thiophene rings is 2. The lowest BCUT2D eigenvalue weighted by Gasteiger charge is -2.02. The maximum absolute atomic E-state index is 4.64. The second kappa shape index (κ2) is 4.91. The van der Waals surface area contributed by atoms with Crippen molar-refractivity contribution in [3.8, 4) is 5.82 Å². The fraction of sp³-hybridized carbons (Fsp3) is 0. The van der Waals surface area contributed by atoms with E-state index in [1.807, 2.05) is 34.9 Å². The summed E-state index contributed by atoms with van der Waals surface area (Å²) in [5.41, 5.74) is 0. The van der Waals surface area contributed by atoms with Gasteiger partial charge in [0.05, 0.1) is 0 Å². The van der Waals surface area contributed by atoms with Crippen LogP contribution in [0.2, 0.25) is 0 Å². The zero-order valence-corrected chi connectivity index (χ0v) is 14.8. The Morgan fingerprint density at radius 2 is 1.20 bits per heavy atom. The molecule has 0 N–H and O–H groups in total. The van der Waals surface area contributed by atoms with Crippen LogP contribution in [0, 0.1) is 0 Å². The molecule has 6 aromatic rings. The van der Waals surface area contributed by atoms with Gasteiger partial charge in [-0.05, 0) is 24.3 Å². The van der Waals surface area contributed by atoms with Gasteiger partial charge in [-0.1, -0.05) is 42.5 Å². The van der Waals surface area contributed by atoms with Crippen molar-refractivity contribution in [2.45, 2.75) is 0 Å². The molecule has 6 rings (SSSR count). The average Bonchev–Trinajstić information content (AvgIpc) is 3.29. The van der Waals surface area contributed by atoms with Crippen LogP contribution in [0.1, 0.15) is 0 Å². The number of hydrogen-bond donors (Lipinski definition) is 0. The number of nitrogens with zero attached hydrogens (tertiary/aromatic N) is 2. The highest BCUT2D eigenvalue weighted by Gasteiger charge is 2.21. The van der Waals surface area contributed by atoms with Gasteiger partial charge in [-0.15, -0.1) is 22.7 Å². The summed E-state index contributed by atoms with van der Waals surface area (Å²) in [7, 11) is 0. The number of benzene rings is 2. The first-order chi connectivity index (χ1) is 12.4. The summed E-state index contributed by atoms with van der Waals surface area (Å²) in [6.45, 7) is 0. The van der Waals surface area contributed by atoms with Crippen molar-refractivity contribution in [3.63, 3.8) is 0 Å². The van der Waals surface area contributed by atoms with Crippen molar-refractivity contribution in [3.05, 3.63) is 72.9 Å². The lowest BCUT2D eigenvalue weighted by molar-refractivity contribution is 1.10. The van der Waals surface area contributed by atoms with Crippen LogP contribution in [0.4, 0.5) is 0 Å². The molecule has 0 fully saturated rings. The average molecular weight is 356 g/mol. The number of hydrogen-bond acceptors (Lipinski definition) is 3. The van der Waals surface area contributed by atoms with Crippen molar-refractivity contribution in [1.29, 1.82) is 0 Å². The van der Waals surface area contributed by atoms with E-state index < -0.39 is 0 Å². The van der Waals surface area contributed by atoms with Gasteiger partial charge in [0, 0.05) is 37.1 Å². The molecule has 0 spiro atoms. The Labute approximate surface area is 151 Å². The molecule has 0 amide bonds. The van der Waals surface area contributed by atoms with Gasteiger partial charge in [0.2, 0.25) is 0 Å². The maximum Gasteiger partial charge on any atom is 0.138 e. The minimum Gasteiger partial charge on any atom is -0.276 e. The first-order valence-electron chi connectivity index (χ1n) is 8.16. The van der Waals surface area contributed by atoms with Gasteiger partial charge < -0.3 is 0 Å². The van der Waals surface area contributed by atoms with Gasteiger partial charge in [0.1, 0.15) is 15.5 Å². The predicted molar refractivity (Wildman–Crippen MR) is 109 cm³/mol. The minimum atomic E-state index is 0.987. The third-order valence-corrected chi connectivity index (χ3v) is 7.00. The van der Waals surface area contributed by atoms with Crippen LogP contribution in [0.15, 0.2) is 72.9 Å². The summed E-state index contributed by atoms with van der Waals surface area (Å²) in [5, 5.41) is 5.40. The lowest BCUT2D eigenvalue weighted by Crippen LogP contribution is -1.93. The van der Waals surface area contributed by atoms with Gasteiger partial charge in [0.15, 0.2) is 0 Å². The third kappa shape index (κ3) is 1.75. The van der Waals surface area contributed by atoms with Crippen molar-refractivity contribution >= 4 is 63.3 Å². The van der Waals surface area contributed by atoms with E-state index in [2.05, 4.69) is 70.2 Å². The van der Waals surface area contributed by atoms with Crippen LogP contribution in [-0.2, 0) is 0 Å². The molecule has 0 aliphatic carbocycles. The Morgan fingerprint density at radius 3 is 1.76 bits per heavy atom. The van der Waals surface area contributed by atoms with Gasteiger partial charge in [-0.3, -0.25) is 4.57 Å². The molecule has 0 unspecified atom stereocenters. The highest BCUT2D eigenvalue weighted by Crippen LogP contribution is 2.47. The fourth-order valence-electron chi connectivity index (χ4n) is 3.65. The molecule has 0 atom stereocenters. The molecule has 4 heteroatoms. The zero-order valence-electron chi connectivity index (χ0n) is 13.1. The molecule has 4 heterocycles. The van der Waals surface area contributed by atoms with E-state index >= 15 is 0 Å². The van der Waals surface area contributed by atoms with Crippen molar-refractivity contribution in [2.24, 2.45) is 0 Å². The molecule has 0 saturated heterocycles. The quantitative estimate of drug-likeness (QED) is 0.324. The Morgan fingerprint density at radius 1 is 0.640 bits per heavy atom. The van der Waals surface area contributed by atoms with Crippen LogP contribution >= 0.6 is 22.7 Å². The van der Waals surface area contributed by atoms with Crippen molar-refractivity contribution < 1.29 is 0 Å². The van der Waals surface area contributed by atoms with Crippen molar-refractivity contribution in [1.82, 2.24) is 9.55 Å². The number of fused-ring (bicyclic) bond motifs is 7. The monoisotopic (exact) mass is 356 g/mol. The summed E-state index contributed by atoms with van der Waals surface area (Å²) in [6, 6.07) is 23.5. The third-order valence-electron chi connectivity index (χ3n) is 4.69. The number of aromatic nitrogens is 2. The predicted octanol–water partition coefficient (Wildman–Crippen LogP) is 6.61. The SMILES string of the molecule is c1ccc(-n2c3sc4ccccc4c3c3c4ccccc4sc32)nc1. The molecule has 118 valence electrons. The molecular formula is C21H12N2S2. The highest BCUT2D eigenvalue weighted by molar-refractivity contribution is 7.28. The topological polar surface area (TPSA) is 17.8 Å². The molecule has 4 aromatic heterocycles. The van der Waals surface area contributed by atoms with Gasteiger partial charge >= 0.3 is 0 Å². The standard InChI is InChI=1S/C21H12N2S2/c1-3-9-15-13(7-1)18-19-14-8-2-4-10-16(14)25-21(19)23(20(18)24-15)17-11-5-6-12-22-17/h1-12H. The van der Waals surface area contributed by atoms with Crippen molar-refractivity contribution in [2.75, 3.05) is 0 Å². The molecule has 0 aliphatic rings. The smallest absolute Gasteiger partial charge is 0.138 e. The van der Waals surface area contributed by atoms with E-state index in [0.717, 1.165) is 5.82 Å². The van der Waals surface area contributed by atoms with E-state index in [9.17, 15) is 0 Å². The Bertz CT molecular complexity index is 1300. The van der Waals surface area contributed by atoms with Crippen LogP contribution in [0.3, 0.4) is 0 Å². The largest absolute Gasteiger partial charge is 0.276 e. The molecule has 0 bridgehead atoms. The molecule has 0 saturated carbocycles. The summed E-state index contributed by atoms with van der Waals surface area (Å²) in [4.78, 5) is 7.21. The minimum absolute atomic E-state index is 0.987. The van der Waals surface area contributed by atoms with E-state index in [1.165, 1.54) is 40.6 Å². The summed E-state index contributed by atoms with van der Waals surface area (Å²) in [5.74, 6) is 0.987. The normalized spacial score (nSPS) is 12.0. The Balaban J connectivity index is 1.95. The maximum atomic E-state index is 4.64. The van der Waals surface area contributed by atoms with E-state index in [1.54, 1.807) is 0 Å². The first-order valence-corrected chi connectivity index (χ1v) is 9.80. The summed E-state index contributed by atoms with van der Waals surface area (Å²) in [6.07, 6.45) is 1.87. The van der Waals surface area contributed by atoms with E-state index in [-0.39, 0.29) is 0 Å². The lowest BCUT2D eigenvalue weighted by atomic mass is 10.1. The van der Waals surface area contributed by atoms with Gasteiger partial charge in [0.25, 0.3) is 0 Å². The van der Waals surface area contributed by atoms with Crippen LogP contribution in [0.25, 0.3) is 46.4 Å². The molecule has 0 aliphatic heterocycles. The second-order valence-electron chi connectivity index (χ2n) is 6.08. The van der Waals surface area contributed by atoms with Gasteiger partial charge in [-0.25, -0.2) is 4.98 Å². The number of rotatable bonds is 1. The highest BCUT2D eigenvalue weighted by atomic mass is 32.1. The zero-order chi connectivity index (χ0) is 16.4. The fourth-order valence-corrected chi connectivity index (χ4v) is 6.16. The Kier molecular flexibility index (Phi) is 2.67. The molecule has 2 aromatic carbocycles.